The number of amides is 1. The van der Waals surface area contributed by atoms with Crippen LogP contribution in [0, 0.1) is 0 Å². The number of rotatable bonds is 7. The van der Waals surface area contributed by atoms with E-state index in [-0.39, 0.29) is 37.0 Å². The number of methoxy groups -OCH3 is 1. The van der Waals surface area contributed by atoms with Gasteiger partial charge in [-0.05, 0) is 45.0 Å². The Morgan fingerprint density at radius 2 is 1.92 bits per heavy atom. The Kier molecular flexibility index (Phi) is 9.58. The van der Waals surface area contributed by atoms with Crippen LogP contribution in [-0.2, 0) is 4.74 Å². The number of nitrogens with two attached hydrogens (primary N) is 1. The first-order valence-electron chi connectivity index (χ1n) is 7.38. The third kappa shape index (κ3) is 7.29. The minimum atomic E-state index is -0.517. The van der Waals surface area contributed by atoms with Crippen LogP contribution in [0.25, 0.3) is 0 Å². The van der Waals surface area contributed by atoms with E-state index in [0.29, 0.717) is 23.2 Å². The van der Waals surface area contributed by atoms with Gasteiger partial charge >= 0.3 is 0 Å². The molecule has 0 fully saturated rings. The fraction of sp³-hybridized carbons (Fsp3) is 0.471. The lowest BCUT2D eigenvalue weighted by atomic mass is 10.1. The highest BCUT2D eigenvalue weighted by atomic mass is 35.5. The van der Waals surface area contributed by atoms with E-state index in [9.17, 15) is 9.18 Å². The van der Waals surface area contributed by atoms with Crippen molar-refractivity contribution in [3.63, 3.8) is 0 Å². The van der Waals surface area contributed by atoms with Crippen LogP contribution in [-0.4, -0.2) is 37.8 Å². The highest BCUT2D eigenvalue weighted by molar-refractivity contribution is 5.94. The summed E-state index contributed by atoms with van der Waals surface area (Å²) in [5, 5.41) is 2.88. The lowest BCUT2D eigenvalue weighted by molar-refractivity contribution is 0.0919. The fourth-order valence-electron chi connectivity index (χ4n) is 1.88. The van der Waals surface area contributed by atoms with Crippen LogP contribution in [0.4, 0.5) is 4.39 Å². The molecule has 0 bridgehead atoms. The maximum absolute atomic E-state index is 12.9. The van der Waals surface area contributed by atoms with Gasteiger partial charge in [-0.25, -0.2) is 4.39 Å². The SMILES string of the molecule is CO[C@@H](CN)/C(=C\F)COc1ccc(C(=O)NC(C)(C)C)cc1.Cl. The molecule has 0 heterocycles. The fourth-order valence-corrected chi connectivity index (χ4v) is 1.88. The monoisotopic (exact) mass is 360 g/mol. The number of benzene rings is 1. The summed E-state index contributed by atoms with van der Waals surface area (Å²) in [6.07, 6.45) is -0.0662. The Labute approximate surface area is 148 Å². The largest absolute Gasteiger partial charge is 0.489 e. The third-order valence-electron chi connectivity index (χ3n) is 3.06. The molecule has 1 aromatic carbocycles. The summed E-state index contributed by atoms with van der Waals surface area (Å²) in [6, 6.07) is 6.65. The van der Waals surface area contributed by atoms with Gasteiger partial charge in [-0.2, -0.15) is 0 Å². The van der Waals surface area contributed by atoms with Crippen molar-refractivity contribution in [1.29, 1.82) is 0 Å². The molecule has 0 aliphatic heterocycles. The molecular weight excluding hydrogens is 335 g/mol. The summed E-state index contributed by atoms with van der Waals surface area (Å²) in [4.78, 5) is 12.0. The molecule has 24 heavy (non-hydrogen) atoms. The average molecular weight is 361 g/mol. The summed E-state index contributed by atoms with van der Waals surface area (Å²) in [7, 11) is 1.46. The molecule has 7 heteroatoms. The van der Waals surface area contributed by atoms with Gasteiger partial charge < -0.3 is 20.5 Å². The minimum Gasteiger partial charge on any atom is -0.489 e. The zero-order valence-electron chi connectivity index (χ0n) is 14.5. The first-order valence-corrected chi connectivity index (χ1v) is 7.38. The van der Waals surface area contributed by atoms with E-state index < -0.39 is 6.10 Å². The predicted octanol–water partition coefficient (Wildman–Crippen LogP) is 2.84. The van der Waals surface area contributed by atoms with E-state index in [1.54, 1.807) is 24.3 Å². The van der Waals surface area contributed by atoms with Crippen molar-refractivity contribution >= 4 is 18.3 Å². The highest BCUT2D eigenvalue weighted by Crippen LogP contribution is 2.15. The summed E-state index contributed by atoms with van der Waals surface area (Å²) in [5.74, 6) is 0.375. The van der Waals surface area contributed by atoms with Crippen LogP contribution < -0.4 is 15.8 Å². The minimum absolute atomic E-state index is 0. The van der Waals surface area contributed by atoms with Gasteiger partial charge in [-0.1, -0.05) is 0 Å². The maximum atomic E-state index is 12.9. The van der Waals surface area contributed by atoms with Gasteiger partial charge in [0, 0.05) is 30.3 Å². The molecule has 0 saturated carbocycles. The van der Waals surface area contributed by atoms with Gasteiger partial charge in [0.2, 0.25) is 0 Å². The second-order valence-corrected chi connectivity index (χ2v) is 6.16. The zero-order valence-corrected chi connectivity index (χ0v) is 15.3. The van der Waals surface area contributed by atoms with Crippen molar-refractivity contribution in [2.24, 2.45) is 5.73 Å². The number of ether oxygens (including phenoxy) is 2. The molecule has 0 spiro atoms. The smallest absolute Gasteiger partial charge is 0.251 e. The van der Waals surface area contributed by atoms with Crippen molar-refractivity contribution in [1.82, 2.24) is 5.32 Å². The summed E-state index contributed by atoms with van der Waals surface area (Å²) < 4.78 is 23.5. The second kappa shape index (κ2) is 10.3. The highest BCUT2D eigenvalue weighted by Gasteiger charge is 2.16. The van der Waals surface area contributed by atoms with E-state index in [4.69, 9.17) is 15.2 Å². The number of halogens is 2. The average Bonchev–Trinajstić information content (AvgIpc) is 2.50. The zero-order chi connectivity index (χ0) is 17.5. The Bertz CT molecular complexity index is 538. The summed E-state index contributed by atoms with van der Waals surface area (Å²) >= 11 is 0. The van der Waals surface area contributed by atoms with Crippen LogP contribution in [0.15, 0.2) is 36.2 Å². The third-order valence-corrected chi connectivity index (χ3v) is 3.06. The van der Waals surface area contributed by atoms with Gasteiger partial charge in [0.05, 0.1) is 12.4 Å². The standard InChI is InChI=1S/C17H25FN2O3.ClH/c1-17(2,3)20-16(21)12-5-7-14(8-6-12)23-11-13(9-18)15(10-19)22-4;/h5-9,15H,10-11,19H2,1-4H3,(H,20,21);1H/b13-9-;/t15-;/m0./s1. The van der Waals surface area contributed by atoms with Crippen molar-refractivity contribution in [3.05, 3.63) is 41.7 Å². The molecule has 0 aromatic heterocycles. The molecule has 136 valence electrons. The Morgan fingerprint density at radius 1 is 1.33 bits per heavy atom. The van der Waals surface area contributed by atoms with Crippen molar-refractivity contribution in [3.8, 4) is 5.75 Å². The van der Waals surface area contributed by atoms with E-state index in [0.717, 1.165) is 0 Å². The molecular formula is C17H26ClFN2O3. The molecule has 0 aliphatic carbocycles. The van der Waals surface area contributed by atoms with Gasteiger partial charge in [0.25, 0.3) is 5.91 Å². The number of carbonyl (C=O) groups is 1. The summed E-state index contributed by atoms with van der Waals surface area (Å²) in [6.45, 7) is 5.94. The first-order chi connectivity index (χ1) is 10.8. The molecule has 3 N–H and O–H groups in total. The first kappa shape index (κ1) is 22.4. The van der Waals surface area contributed by atoms with Crippen LogP contribution in [0.2, 0.25) is 0 Å². The Morgan fingerprint density at radius 3 is 2.33 bits per heavy atom. The quantitative estimate of drug-likeness (QED) is 0.784. The number of hydrogen-bond donors (Lipinski definition) is 2. The number of hydrogen-bond acceptors (Lipinski definition) is 4. The number of carbonyl (C=O) groups excluding carboxylic acids is 1. The lowest BCUT2D eigenvalue weighted by Gasteiger charge is -2.20. The van der Waals surface area contributed by atoms with Crippen LogP contribution in [0.1, 0.15) is 31.1 Å². The van der Waals surface area contributed by atoms with Gasteiger partial charge in [0.15, 0.2) is 0 Å². The normalized spacial score (nSPS) is 13.0. The van der Waals surface area contributed by atoms with Gasteiger partial charge in [0.1, 0.15) is 12.4 Å². The number of nitrogens with one attached hydrogen (secondary N) is 1. The van der Waals surface area contributed by atoms with E-state index in [1.165, 1.54) is 7.11 Å². The second-order valence-electron chi connectivity index (χ2n) is 6.16. The van der Waals surface area contributed by atoms with Crippen LogP contribution >= 0.6 is 12.4 Å². The van der Waals surface area contributed by atoms with Gasteiger partial charge in [-0.3, -0.25) is 4.79 Å². The molecule has 1 atom stereocenters. The molecule has 0 radical (unpaired) electrons. The maximum Gasteiger partial charge on any atom is 0.251 e. The molecule has 0 saturated heterocycles. The summed E-state index contributed by atoms with van der Waals surface area (Å²) in [5.41, 5.74) is 6.05. The van der Waals surface area contributed by atoms with Crippen LogP contribution in [0.5, 0.6) is 5.75 Å². The molecule has 0 unspecified atom stereocenters. The van der Waals surface area contributed by atoms with Crippen molar-refractivity contribution in [2.45, 2.75) is 32.4 Å². The molecule has 5 nitrogen and oxygen atoms in total. The topological polar surface area (TPSA) is 73.6 Å². The van der Waals surface area contributed by atoms with E-state index in [1.807, 2.05) is 20.8 Å². The molecule has 1 aromatic rings. The Hall–Kier alpha value is -1.63. The van der Waals surface area contributed by atoms with E-state index >= 15 is 0 Å². The van der Waals surface area contributed by atoms with Gasteiger partial charge in [-0.15, -0.1) is 12.4 Å². The Balaban J connectivity index is 0.00000529. The molecule has 1 rings (SSSR count). The predicted molar refractivity (Wildman–Crippen MR) is 95.4 cm³/mol. The molecule has 0 aliphatic rings. The van der Waals surface area contributed by atoms with Crippen molar-refractivity contribution < 1.29 is 18.7 Å². The van der Waals surface area contributed by atoms with E-state index in [2.05, 4.69) is 5.32 Å². The van der Waals surface area contributed by atoms with Crippen molar-refractivity contribution in [2.75, 3.05) is 20.3 Å². The lowest BCUT2D eigenvalue weighted by Crippen LogP contribution is -2.40. The molecule has 1 amide bonds. The van der Waals surface area contributed by atoms with Crippen LogP contribution in [0.3, 0.4) is 0 Å².